The van der Waals surface area contributed by atoms with Crippen molar-refractivity contribution in [3.05, 3.63) is 41.7 Å². The summed E-state index contributed by atoms with van der Waals surface area (Å²) in [6.07, 6.45) is 5.90. The fourth-order valence-corrected chi connectivity index (χ4v) is 3.21. The lowest BCUT2D eigenvalue weighted by atomic mass is 10.1. The van der Waals surface area contributed by atoms with Crippen LogP contribution < -0.4 is 0 Å². The molecule has 1 aromatic carbocycles. The van der Waals surface area contributed by atoms with E-state index in [-0.39, 0.29) is 11.9 Å². The van der Waals surface area contributed by atoms with Crippen molar-refractivity contribution in [2.75, 3.05) is 6.54 Å². The lowest BCUT2D eigenvalue weighted by molar-refractivity contribution is 0.0722. The van der Waals surface area contributed by atoms with Crippen molar-refractivity contribution in [3.8, 4) is 0 Å². The highest BCUT2D eigenvalue weighted by molar-refractivity contribution is 5.97. The number of fused-ring (bicyclic) bond motifs is 1. The third kappa shape index (κ3) is 2.58. The number of nitrogens with one attached hydrogen (secondary N) is 1. The zero-order chi connectivity index (χ0) is 15.8. The Labute approximate surface area is 133 Å². The van der Waals surface area contributed by atoms with Crippen LogP contribution in [0.1, 0.15) is 28.8 Å². The first-order valence-electron chi connectivity index (χ1n) is 7.81. The van der Waals surface area contributed by atoms with Crippen LogP contribution in [0.15, 0.2) is 30.6 Å². The number of aromatic nitrogens is 5. The van der Waals surface area contributed by atoms with Gasteiger partial charge in [-0.15, -0.1) is 0 Å². The van der Waals surface area contributed by atoms with Crippen LogP contribution in [0.3, 0.4) is 0 Å². The van der Waals surface area contributed by atoms with Gasteiger partial charge >= 0.3 is 0 Å². The van der Waals surface area contributed by atoms with Gasteiger partial charge in [-0.3, -0.25) is 9.48 Å². The molecule has 1 N–H and O–H groups in total. The molecule has 1 atom stereocenters. The summed E-state index contributed by atoms with van der Waals surface area (Å²) < 4.78 is 1.92. The van der Waals surface area contributed by atoms with E-state index in [2.05, 4.69) is 20.5 Å². The van der Waals surface area contributed by atoms with Crippen molar-refractivity contribution < 1.29 is 4.79 Å². The number of H-pyrrole nitrogens is 1. The van der Waals surface area contributed by atoms with Crippen LogP contribution in [-0.4, -0.2) is 48.6 Å². The van der Waals surface area contributed by atoms with Gasteiger partial charge in [0.25, 0.3) is 5.91 Å². The van der Waals surface area contributed by atoms with Crippen LogP contribution in [0.4, 0.5) is 0 Å². The van der Waals surface area contributed by atoms with E-state index in [9.17, 15) is 4.79 Å². The summed E-state index contributed by atoms with van der Waals surface area (Å²) >= 11 is 0. The summed E-state index contributed by atoms with van der Waals surface area (Å²) in [5.74, 6) is 0.0567. The van der Waals surface area contributed by atoms with Crippen molar-refractivity contribution in [1.82, 2.24) is 30.1 Å². The lowest BCUT2D eigenvalue weighted by Crippen LogP contribution is -2.38. The Morgan fingerprint density at radius 3 is 3.04 bits per heavy atom. The second-order valence-corrected chi connectivity index (χ2v) is 6.06. The van der Waals surface area contributed by atoms with E-state index in [4.69, 9.17) is 0 Å². The number of nitrogens with zero attached hydrogens (tertiary/aromatic N) is 5. The van der Waals surface area contributed by atoms with Crippen LogP contribution in [0, 0.1) is 6.92 Å². The number of likely N-dealkylation sites (tertiary alicyclic amines) is 1. The largest absolute Gasteiger partial charge is 0.334 e. The molecular weight excluding hydrogens is 292 g/mol. The fraction of sp³-hybridized carbons (Fsp3) is 0.375. The molecule has 4 rings (SSSR count). The zero-order valence-electron chi connectivity index (χ0n) is 12.9. The van der Waals surface area contributed by atoms with Crippen LogP contribution in [0.2, 0.25) is 0 Å². The number of carbonyl (C=O) groups is 1. The molecular formula is C16H18N6O. The molecule has 0 bridgehead atoms. The molecule has 3 heterocycles. The minimum absolute atomic E-state index is 0.0567. The summed E-state index contributed by atoms with van der Waals surface area (Å²) in [7, 11) is 0. The molecule has 1 fully saturated rings. The number of aryl methyl sites for hydroxylation is 1. The smallest absolute Gasteiger partial charge is 0.254 e. The number of rotatable bonds is 3. The minimum atomic E-state index is 0.0567. The molecule has 1 aliphatic heterocycles. The van der Waals surface area contributed by atoms with Crippen LogP contribution in [0.5, 0.6) is 0 Å². The number of carbonyl (C=O) groups excluding carboxylic acids is 1. The van der Waals surface area contributed by atoms with E-state index in [0.29, 0.717) is 11.1 Å². The summed E-state index contributed by atoms with van der Waals surface area (Å²) in [5.41, 5.74) is 3.29. The molecule has 118 valence electrons. The van der Waals surface area contributed by atoms with E-state index < -0.39 is 0 Å². The number of hydrogen-bond acceptors (Lipinski definition) is 4. The van der Waals surface area contributed by atoms with E-state index in [1.54, 1.807) is 6.07 Å². The number of hydrogen-bond donors (Lipinski definition) is 1. The Kier molecular flexibility index (Phi) is 3.33. The first kappa shape index (κ1) is 13.9. The maximum absolute atomic E-state index is 12.9. The van der Waals surface area contributed by atoms with Gasteiger partial charge in [0.15, 0.2) is 0 Å². The third-order valence-electron chi connectivity index (χ3n) is 4.36. The summed E-state index contributed by atoms with van der Waals surface area (Å²) in [6, 6.07) is 5.64. The Morgan fingerprint density at radius 2 is 2.22 bits per heavy atom. The van der Waals surface area contributed by atoms with Gasteiger partial charge in [-0.25, -0.2) is 0 Å². The number of aromatic amines is 1. The minimum Gasteiger partial charge on any atom is -0.334 e. The standard InChI is InChI=1S/C16H18N6O/c1-11-8-17-21(9-11)10-13-3-2-6-22(13)16(23)12-4-5-14-15(7-12)19-20-18-14/h4-5,7-9,13H,2-3,6,10H2,1H3,(H,18,19,20)/t13-/m1/s1. The molecule has 0 aliphatic carbocycles. The molecule has 23 heavy (non-hydrogen) atoms. The maximum atomic E-state index is 12.9. The van der Waals surface area contributed by atoms with Gasteiger partial charge in [0.1, 0.15) is 11.0 Å². The SMILES string of the molecule is Cc1cnn(C[C@H]2CCCN2C(=O)c2ccc3n[nH]nc3c2)c1. The lowest BCUT2D eigenvalue weighted by Gasteiger charge is -2.24. The first-order chi connectivity index (χ1) is 11.2. The van der Waals surface area contributed by atoms with Gasteiger partial charge in [0.2, 0.25) is 0 Å². The van der Waals surface area contributed by atoms with E-state index in [1.807, 2.05) is 41.0 Å². The normalized spacial score (nSPS) is 18.0. The average molecular weight is 310 g/mol. The Morgan fingerprint density at radius 1 is 1.35 bits per heavy atom. The molecule has 1 aliphatic rings. The summed E-state index contributed by atoms with van der Waals surface area (Å²) in [6.45, 7) is 3.56. The molecule has 1 amide bonds. The topological polar surface area (TPSA) is 79.7 Å². The highest BCUT2D eigenvalue weighted by atomic mass is 16.2. The predicted molar refractivity (Wildman–Crippen MR) is 84.9 cm³/mol. The van der Waals surface area contributed by atoms with Gasteiger partial charge in [0.05, 0.1) is 18.8 Å². The highest BCUT2D eigenvalue weighted by Gasteiger charge is 2.30. The highest BCUT2D eigenvalue weighted by Crippen LogP contribution is 2.22. The third-order valence-corrected chi connectivity index (χ3v) is 4.36. The van der Waals surface area contributed by atoms with E-state index >= 15 is 0 Å². The van der Waals surface area contributed by atoms with Crippen LogP contribution >= 0.6 is 0 Å². The van der Waals surface area contributed by atoms with Crippen LogP contribution in [-0.2, 0) is 6.54 Å². The van der Waals surface area contributed by atoms with E-state index in [1.165, 1.54) is 0 Å². The van der Waals surface area contributed by atoms with Crippen molar-refractivity contribution in [2.45, 2.75) is 32.4 Å². The number of amides is 1. The summed E-state index contributed by atoms with van der Waals surface area (Å²) in [4.78, 5) is 14.8. The molecule has 0 unspecified atom stereocenters. The number of benzene rings is 1. The maximum Gasteiger partial charge on any atom is 0.254 e. The van der Waals surface area contributed by atoms with E-state index in [0.717, 1.165) is 37.0 Å². The predicted octanol–water partition coefficient (Wildman–Crippen LogP) is 1.77. The quantitative estimate of drug-likeness (QED) is 0.799. The average Bonchev–Trinajstić information content (AvgIpc) is 3.27. The van der Waals surface area contributed by atoms with Crippen molar-refractivity contribution in [3.63, 3.8) is 0 Å². The molecule has 0 saturated carbocycles. The molecule has 3 aromatic rings. The Balaban J connectivity index is 1.56. The molecule has 2 aromatic heterocycles. The molecule has 0 radical (unpaired) electrons. The van der Waals surface area contributed by atoms with Gasteiger partial charge in [-0.05, 0) is 43.5 Å². The second kappa shape index (κ2) is 5.49. The van der Waals surface area contributed by atoms with Crippen molar-refractivity contribution in [2.24, 2.45) is 0 Å². The Hall–Kier alpha value is -2.70. The Bertz CT molecular complexity index is 851. The fourth-order valence-electron chi connectivity index (χ4n) is 3.21. The zero-order valence-corrected chi connectivity index (χ0v) is 12.9. The van der Waals surface area contributed by atoms with Gasteiger partial charge in [-0.1, -0.05) is 0 Å². The van der Waals surface area contributed by atoms with Crippen molar-refractivity contribution in [1.29, 1.82) is 0 Å². The van der Waals surface area contributed by atoms with Gasteiger partial charge in [-0.2, -0.15) is 20.5 Å². The molecule has 7 nitrogen and oxygen atoms in total. The molecule has 1 saturated heterocycles. The monoisotopic (exact) mass is 310 g/mol. The summed E-state index contributed by atoms with van der Waals surface area (Å²) in [5, 5.41) is 15.0. The van der Waals surface area contributed by atoms with Gasteiger partial charge < -0.3 is 4.90 Å². The van der Waals surface area contributed by atoms with Gasteiger partial charge in [0, 0.05) is 18.3 Å². The molecule has 7 heteroatoms. The molecule has 0 spiro atoms. The first-order valence-corrected chi connectivity index (χ1v) is 7.81. The van der Waals surface area contributed by atoms with Crippen LogP contribution in [0.25, 0.3) is 11.0 Å². The second-order valence-electron chi connectivity index (χ2n) is 6.06. The van der Waals surface area contributed by atoms with Crippen molar-refractivity contribution >= 4 is 16.9 Å².